The highest BCUT2D eigenvalue weighted by molar-refractivity contribution is 7.74. The van der Waals surface area contributed by atoms with E-state index in [2.05, 4.69) is 32.6 Å². The van der Waals surface area contributed by atoms with Gasteiger partial charge in [-0.25, -0.2) is 10.3 Å². The predicted octanol–water partition coefficient (Wildman–Crippen LogP) is 2.87. The van der Waals surface area contributed by atoms with Crippen LogP contribution in [0.1, 0.15) is 20.8 Å². The van der Waals surface area contributed by atoms with Gasteiger partial charge in [-0.15, -0.1) is 9.32 Å². The molecule has 1 aliphatic heterocycles. The van der Waals surface area contributed by atoms with Crippen molar-refractivity contribution < 1.29 is 23.6 Å². The molecule has 140 valence electrons. The Labute approximate surface area is 153 Å². The molecular formula is C16H25N3O5S. The molecule has 25 heavy (non-hydrogen) atoms. The standard InChI is InChI=1S/C16H25N3O5S/c1-16(2,3)22-15(20)19-9-7-18(8-10-19)13-11-12(17-23-24-25)5-6-14(13)21-4/h5-6,11,17,25H,7-10H2,1-4H3. The topological polar surface area (TPSA) is 72.5 Å². The minimum atomic E-state index is -0.494. The summed E-state index contributed by atoms with van der Waals surface area (Å²) in [6, 6.07) is 5.51. The number of benzene rings is 1. The third kappa shape index (κ3) is 5.58. The van der Waals surface area contributed by atoms with Gasteiger partial charge in [0.05, 0.1) is 18.5 Å². The molecule has 0 spiro atoms. The zero-order valence-corrected chi connectivity index (χ0v) is 15.8. The smallest absolute Gasteiger partial charge is 0.410 e. The number of rotatable bonds is 5. The summed E-state index contributed by atoms with van der Waals surface area (Å²) in [4.78, 5) is 20.6. The molecule has 0 bridgehead atoms. The second-order valence-electron chi connectivity index (χ2n) is 6.60. The molecule has 1 heterocycles. The molecule has 0 saturated carbocycles. The lowest BCUT2D eigenvalue weighted by atomic mass is 10.2. The lowest BCUT2D eigenvalue weighted by molar-refractivity contribution is -0.158. The molecule has 1 fully saturated rings. The van der Waals surface area contributed by atoms with E-state index < -0.39 is 5.60 Å². The van der Waals surface area contributed by atoms with Crippen LogP contribution in [0.2, 0.25) is 0 Å². The van der Waals surface area contributed by atoms with Gasteiger partial charge in [-0.05, 0) is 39.0 Å². The highest BCUT2D eigenvalue weighted by Crippen LogP contribution is 2.32. The fraction of sp³-hybridized carbons (Fsp3) is 0.562. The molecule has 1 aromatic carbocycles. The van der Waals surface area contributed by atoms with Crippen molar-refractivity contribution >= 4 is 30.4 Å². The number of anilines is 2. The van der Waals surface area contributed by atoms with E-state index in [-0.39, 0.29) is 6.09 Å². The molecule has 2 rings (SSSR count). The van der Waals surface area contributed by atoms with Gasteiger partial charge in [0, 0.05) is 39.1 Å². The Morgan fingerprint density at radius 3 is 2.44 bits per heavy atom. The maximum absolute atomic E-state index is 12.2. The van der Waals surface area contributed by atoms with Crippen molar-refractivity contribution in [1.82, 2.24) is 4.90 Å². The monoisotopic (exact) mass is 371 g/mol. The zero-order valence-electron chi connectivity index (χ0n) is 14.9. The number of carbonyl (C=O) groups is 1. The molecule has 1 saturated heterocycles. The van der Waals surface area contributed by atoms with Crippen LogP contribution in [-0.2, 0) is 14.1 Å². The van der Waals surface area contributed by atoms with E-state index in [1.807, 2.05) is 32.9 Å². The van der Waals surface area contributed by atoms with Crippen LogP contribution in [0.25, 0.3) is 0 Å². The first-order valence-electron chi connectivity index (χ1n) is 7.98. The predicted molar refractivity (Wildman–Crippen MR) is 97.8 cm³/mol. The van der Waals surface area contributed by atoms with Crippen molar-refractivity contribution in [3.8, 4) is 5.75 Å². The number of thiol groups is 1. The van der Waals surface area contributed by atoms with Gasteiger partial charge in [-0.2, -0.15) is 0 Å². The number of ether oxygens (including phenoxy) is 2. The lowest BCUT2D eigenvalue weighted by Crippen LogP contribution is -2.50. The van der Waals surface area contributed by atoms with E-state index in [1.54, 1.807) is 18.1 Å². The average Bonchev–Trinajstić information content (AvgIpc) is 2.58. The molecule has 1 aliphatic rings. The molecule has 9 heteroatoms. The van der Waals surface area contributed by atoms with Crippen LogP contribution < -0.4 is 15.1 Å². The van der Waals surface area contributed by atoms with Crippen molar-refractivity contribution in [3.63, 3.8) is 0 Å². The fourth-order valence-corrected chi connectivity index (χ4v) is 2.56. The van der Waals surface area contributed by atoms with Crippen LogP contribution in [-0.4, -0.2) is 49.9 Å². The second-order valence-corrected chi connectivity index (χ2v) is 6.75. The van der Waals surface area contributed by atoms with Gasteiger partial charge < -0.3 is 19.3 Å². The van der Waals surface area contributed by atoms with E-state index in [0.717, 1.165) is 11.4 Å². The molecule has 8 nitrogen and oxygen atoms in total. The van der Waals surface area contributed by atoms with Crippen molar-refractivity contribution in [2.24, 2.45) is 0 Å². The molecule has 1 N–H and O–H groups in total. The number of nitrogens with zero attached hydrogens (tertiary/aromatic N) is 2. The van der Waals surface area contributed by atoms with Gasteiger partial charge in [0.25, 0.3) is 0 Å². The number of hydrogen-bond donors (Lipinski definition) is 2. The Morgan fingerprint density at radius 1 is 1.20 bits per heavy atom. The molecular weight excluding hydrogens is 346 g/mol. The number of piperazine rings is 1. The summed E-state index contributed by atoms with van der Waals surface area (Å²) >= 11 is 3.51. The summed E-state index contributed by atoms with van der Waals surface area (Å²) in [5, 5.41) is 0. The van der Waals surface area contributed by atoms with Gasteiger partial charge in [0.15, 0.2) is 0 Å². The summed E-state index contributed by atoms with van der Waals surface area (Å²) in [6.07, 6.45) is -0.283. The molecule has 0 aliphatic carbocycles. The minimum Gasteiger partial charge on any atom is -0.495 e. The summed E-state index contributed by atoms with van der Waals surface area (Å²) in [7, 11) is 1.62. The first-order chi connectivity index (χ1) is 11.8. The van der Waals surface area contributed by atoms with Crippen LogP contribution >= 0.6 is 12.9 Å². The van der Waals surface area contributed by atoms with Crippen LogP contribution in [0.5, 0.6) is 5.75 Å². The first-order valence-corrected chi connectivity index (χ1v) is 8.34. The van der Waals surface area contributed by atoms with Gasteiger partial charge in [-0.3, -0.25) is 0 Å². The van der Waals surface area contributed by atoms with Gasteiger partial charge in [0.2, 0.25) is 0 Å². The van der Waals surface area contributed by atoms with Crippen LogP contribution in [0.3, 0.4) is 0 Å². The number of amides is 1. The summed E-state index contributed by atoms with van der Waals surface area (Å²) in [5.41, 5.74) is 3.71. The number of carbonyl (C=O) groups excluding carboxylic acids is 1. The first kappa shape index (κ1) is 19.5. The van der Waals surface area contributed by atoms with Crippen molar-refractivity contribution in [1.29, 1.82) is 0 Å². The Kier molecular flexibility index (Phi) is 6.63. The van der Waals surface area contributed by atoms with Gasteiger partial charge >= 0.3 is 6.09 Å². The normalized spacial score (nSPS) is 15.1. The SMILES string of the molecule is COc1ccc(NOOS)cc1N1CCN(C(=O)OC(C)(C)C)CC1. The minimum absolute atomic E-state index is 0.283. The van der Waals surface area contributed by atoms with Gasteiger partial charge in [-0.1, -0.05) is 0 Å². The van der Waals surface area contributed by atoms with E-state index in [4.69, 9.17) is 9.47 Å². The Bertz CT molecular complexity index is 586. The summed E-state index contributed by atoms with van der Waals surface area (Å²) < 4.78 is 15.1. The van der Waals surface area contributed by atoms with Crippen LogP contribution in [0.4, 0.5) is 16.2 Å². The van der Waals surface area contributed by atoms with E-state index in [0.29, 0.717) is 31.9 Å². The molecule has 1 amide bonds. The quantitative estimate of drug-likeness (QED) is 0.357. The van der Waals surface area contributed by atoms with Crippen molar-refractivity contribution in [2.45, 2.75) is 26.4 Å². The molecule has 0 atom stereocenters. The molecule has 0 unspecified atom stereocenters. The largest absolute Gasteiger partial charge is 0.495 e. The fourth-order valence-electron chi connectivity index (χ4n) is 2.52. The third-order valence-electron chi connectivity index (χ3n) is 3.65. The number of hydrogen-bond acceptors (Lipinski definition) is 8. The highest BCUT2D eigenvalue weighted by Gasteiger charge is 2.27. The molecule has 1 aromatic rings. The maximum Gasteiger partial charge on any atom is 0.410 e. The Morgan fingerprint density at radius 2 is 1.88 bits per heavy atom. The second kappa shape index (κ2) is 8.50. The lowest BCUT2D eigenvalue weighted by Gasteiger charge is -2.37. The molecule has 0 radical (unpaired) electrons. The summed E-state index contributed by atoms with van der Waals surface area (Å²) in [5.74, 6) is 0.739. The van der Waals surface area contributed by atoms with Gasteiger partial charge in [0.1, 0.15) is 11.4 Å². The average molecular weight is 371 g/mol. The summed E-state index contributed by atoms with van der Waals surface area (Å²) in [6.45, 7) is 8.08. The zero-order chi connectivity index (χ0) is 18.4. The Hall–Kier alpha value is -1.84. The maximum atomic E-state index is 12.2. The molecule has 0 aromatic heterocycles. The van der Waals surface area contributed by atoms with E-state index in [9.17, 15) is 4.79 Å². The van der Waals surface area contributed by atoms with Crippen LogP contribution in [0, 0.1) is 0 Å². The van der Waals surface area contributed by atoms with Crippen molar-refractivity contribution in [2.75, 3.05) is 43.7 Å². The third-order valence-corrected chi connectivity index (χ3v) is 3.72. The van der Waals surface area contributed by atoms with E-state index >= 15 is 0 Å². The van der Waals surface area contributed by atoms with Crippen LogP contribution in [0.15, 0.2) is 18.2 Å². The Balaban J connectivity index is 2.03. The number of nitrogens with one attached hydrogen (secondary N) is 1. The number of methoxy groups -OCH3 is 1. The van der Waals surface area contributed by atoms with E-state index in [1.165, 1.54) is 0 Å². The van der Waals surface area contributed by atoms with Crippen molar-refractivity contribution in [3.05, 3.63) is 18.2 Å². The highest BCUT2D eigenvalue weighted by atomic mass is 32.1.